The maximum atomic E-state index is 10.1. The van der Waals surface area contributed by atoms with Crippen LogP contribution in [0, 0.1) is 0 Å². The zero-order chi connectivity index (χ0) is 5.82. The maximum Gasteiger partial charge on any atom is 0.138 e. The molecule has 1 heterocycles. The Morgan fingerprint density at radius 3 is 2.75 bits per heavy atom. The van der Waals surface area contributed by atoms with Crippen LogP contribution in [0.1, 0.15) is 0 Å². The van der Waals surface area contributed by atoms with Crippen LogP contribution < -0.4 is 10.6 Å². The summed E-state index contributed by atoms with van der Waals surface area (Å²) in [6.07, 6.45) is 0.937. The van der Waals surface area contributed by atoms with Crippen LogP contribution >= 0.6 is 0 Å². The summed E-state index contributed by atoms with van der Waals surface area (Å²) in [6, 6.07) is 0.0451. The van der Waals surface area contributed by atoms with Crippen molar-refractivity contribution in [2.45, 2.75) is 6.04 Å². The summed E-state index contributed by atoms with van der Waals surface area (Å²) in [5, 5.41) is 6.13. The largest absolute Gasteiger partial charge is 0.313 e. The molecule has 1 rings (SSSR count). The minimum Gasteiger partial charge on any atom is -0.313 e. The first-order chi connectivity index (χ1) is 3.93. The lowest BCUT2D eigenvalue weighted by atomic mass is 10.3. The van der Waals surface area contributed by atoms with Gasteiger partial charge in [0.1, 0.15) is 6.29 Å². The fraction of sp³-hybridized carbons (Fsp3) is 0.800. The molecule has 0 spiro atoms. The first kappa shape index (κ1) is 5.72. The third-order valence-corrected chi connectivity index (χ3v) is 1.24. The molecule has 0 saturated carbocycles. The van der Waals surface area contributed by atoms with Gasteiger partial charge in [-0.2, -0.15) is 0 Å². The van der Waals surface area contributed by atoms with Crippen LogP contribution in [0.3, 0.4) is 0 Å². The van der Waals surface area contributed by atoms with Crippen molar-refractivity contribution in [3.05, 3.63) is 0 Å². The molecule has 1 fully saturated rings. The summed E-state index contributed by atoms with van der Waals surface area (Å²) in [7, 11) is 0. The van der Waals surface area contributed by atoms with E-state index in [1.807, 2.05) is 0 Å². The molecule has 0 radical (unpaired) electrons. The number of aldehydes is 1. The van der Waals surface area contributed by atoms with Gasteiger partial charge in [-0.3, -0.25) is 0 Å². The third-order valence-electron chi connectivity index (χ3n) is 1.24. The van der Waals surface area contributed by atoms with Crippen LogP contribution in [0.25, 0.3) is 0 Å². The molecule has 8 heavy (non-hydrogen) atoms. The van der Waals surface area contributed by atoms with E-state index in [1.165, 1.54) is 0 Å². The Hall–Kier alpha value is -0.410. The van der Waals surface area contributed by atoms with E-state index < -0.39 is 0 Å². The second kappa shape index (κ2) is 2.79. The van der Waals surface area contributed by atoms with E-state index in [1.54, 1.807) is 0 Å². The highest BCUT2D eigenvalue weighted by Crippen LogP contribution is 1.79. The molecule has 1 aliphatic rings. The Kier molecular flexibility index (Phi) is 2.00. The number of nitrogens with one attached hydrogen (secondary N) is 2. The summed E-state index contributed by atoms with van der Waals surface area (Å²) in [5.74, 6) is 0. The first-order valence-corrected chi connectivity index (χ1v) is 2.83. The Labute approximate surface area is 48.5 Å². The molecule has 46 valence electrons. The standard InChI is InChI=1S/C5H10N2O/c8-4-5-3-6-1-2-7-5/h4-7H,1-3H2. The Balaban J connectivity index is 2.22. The summed E-state index contributed by atoms with van der Waals surface area (Å²) >= 11 is 0. The second-order valence-electron chi connectivity index (χ2n) is 1.90. The zero-order valence-electron chi connectivity index (χ0n) is 4.68. The normalized spacial score (nSPS) is 29.8. The van der Waals surface area contributed by atoms with Gasteiger partial charge in [0, 0.05) is 19.6 Å². The van der Waals surface area contributed by atoms with Crippen molar-refractivity contribution in [1.29, 1.82) is 0 Å². The topological polar surface area (TPSA) is 41.1 Å². The van der Waals surface area contributed by atoms with Gasteiger partial charge < -0.3 is 15.4 Å². The average Bonchev–Trinajstić information content (AvgIpc) is 1.90. The van der Waals surface area contributed by atoms with Crippen molar-refractivity contribution < 1.29 is 4.79 Å². The molecule has 0 amide bonds. The SMILES string of the molecule is O=CC1CNCCN1. The van der Waals surface area contributed by atoms with Crippen molar-refractivity contribution in [3.63, 3.8) is 0 Å². The molecule has 0 aromatic carbocycles. The van der Waals surface area contributed by atoms with Crippen molar-refractivity contribution in [1.82, 2.24) is 10.6 Å². The molecule has 3 nitrogen and oxygen atoms in total. The molecular weight excluding hydrogens is 104 g/mol. The number of hydrogen-bond donors (Lipinski definition) is 2. The van der Waals surface area contributed by atoms with E-state index in [0.29, 0.717) is 0 Å². The molecular formula is C5H10N2O. The molecule has 0 aromatic heterocycles. The lowest BCUT2D eigenvalue weighted by Gasteiger charge is -2.18. The molecule has 2 N–H and O–H groups in total. The second-order valence-corrected chi connectivity index (χ2v) is 1.90. The molecule has 0 bridgehead atoms. The quantitative estimate of drug-likeness (QED) is 0.418. The molecule has 1 atom stereocenters. The highest BCUT2D eigenvalue weighted by Gasteiger charge is 2.08. The third kappa shape index (κ3) is 1.28. The average molecular weight is 114 g/mol. The Morgan fingerprint density at radius 1 is 1.50 bits per heavy atom. The highest BCUT2D eigenvalue weighted by molar-refractivity contribution is 5.58. The summed E-state index contributed by atoms with van der Waals surface area (Å²) < 4.78 is 0. The van der Waals surface area contributed by atoms with Crippen molar-refractivity contribution >= 4 is 6.29 Å². The van der Waals surface area contributed by atoms with Gasteiger partial charge in [0.15, 0.2) is 0 Å². The Morgan fingerprint density at radius 2 is 2.38 bits per heavy atom. The minimum atomic E-state index is 0.0451. The fourth-order valence-electron chi connectivity index (χ4n) is 0.772. The number of carbonyl (C=O) groups excluding carboxylic acids is 1. The van der Waals surface area contributed by atoms with E-state index in [9.17, 15) is 4.79 Å². The van der Waals surface area contributed by atoms with Gasteiger partial charge in [0.05, 0.1) is 6.04 Å². The number of carbonyl (C=O) groups is 1. The molecule has 3 heteroatoms. The van der Waals surface area contributed by atoms with Gasteiger partial charge in [-0.25, -0.2) is 0 Å². The molecule has 0 aromatic rings. The molecule has 0 aliphatic carbocycles. The van der Waals surface area contributed by atoms with Crippen LogP contribution in [-0.4, -0.2) is 32.0 Å². The number of piperazine rings is 1. The maximum absolute atomic E-state index is 10.1. The van der Waals surface area contributed by atoms with Crippen molar-refractivity contribution in [2.24, 2.45) is 0 Å². The van der Waals surface area contributed by atoms with E-state index in [4.69, 9.17) is 0 Å². The predicted octanol–water partition coefficient (Wildman–Crippen LogP) is -1.25. The van der Waals surface area contributed by atoms with Gasteiger partial charge in [-0.15, -0.1) is 0 Å². The van der Waals surface area contributed by atoms with Gasteiger partial charge in [-0.05, 0) is 0 Å². The lowest BCUT2D eigenvalue weighted by molar-refractivity contribution is -0.109. The smallest absolute Gasteiger partial charge is 0.138 e. The first-order valence-electron chi connectivity index (χ1n) is 2.83. The van der Waals surface area contributed by atoms with Crippen LogP contribution in [0.15, 0.2) is 0 Å². The fourth-order valence-corrected chi connectivity index (χ4v) is 0.772. The Bertz CT molecular complexity index is 78.5. The lowest BCUT2D eigenvalue weighted by Crippen LogP contribution is -2.48. The van der Waals surface area contributed by atoms with Crippen LogP contribution in [0.2, 0.25) is 0 Å². The number of rotatable bonds is 1. The van der Waals surface area contributed by atoms with Gasteiger partial charge in [0.25, 0.3) is 0 Å². The van der Waals surface area contributed by atoms with Gasteiger partial charge >= 0.3 is 0 Å². The van der Waals surface area contributed by atoms with Crippen molar-refractivity contribution in [2.75, 3.05) is 19.6 Å². The van der Waals surface area contributed by atoms with E-state index >= 15 is 0 Å². The van der Waals surface area contributed by atoms with E-state index in [2.05, 4.69) is 10.6 Å². The molecule has 1 unspecified atom stereocenters. The predicted molar refractivity (Wildman–Crippen MR) is 30.7 cm³/mol. The monoisotopic (exact) mass is 114 g/mol. The van der Waals surface area contributed by atoms with Crippen LogP contribution in [0.5, 0.6) is 0 Å². The summed E-state index contributed by atoms with van der Waals surface area (Å²) in [4.78, 5) is 10.1. The molecule has 1 saturated heterocycles. The number of hydrogen-bond acceptors (Lipinski definition) is 3. The van der Waals surface area contributed by atoms with Crippen LogP contribution in [0.4, 0.5) is 0 Å². The zero-order valence-corrected chi connectivity index (χ0v) is 4.68. The minimum absolute atomic E-state index is 0.0451. The van der Waals surface area contributed by atoms with Crippen LogP contribution in [-0.2, 0) is 4.79 Å². The van der Waals surface area contributed by atoms with Crippen molar-refractivity contribution in [3.8, 4) is 0 Å². The van der Waals surface area contributed by atoms with E-state index in [-0.39, 0.29) is 6.04 Å². The van der Waals surface area contributed by atoms with Gasteiger partial charge in [-0.1, -0.05) is 0 Å². The summed E-state index contributed by atoms with van der Waals surface area (Å²) in [5.41, 5.74) is 0. The van der Waals surface area contributed by atoms with Gasteiger partial charge in [0.2, 0.25) is 0 Å². The van der Waals surface area contributed by atoms with E-state index in [0.717, 1.165) is 25.9 Å². The molecule has 1 aliphatic heterocycles. The highest BCUT2D eigenvalue weighted by atomic mass is 16.1. The summed E-state index contributed by atoms with van der Waals surface area (Å²) in [6.45, 7) is 2.66.